The van der Waals surface area contributed by atoms with Gasteiger partial charge in [-0.3, -0.25) is 9.78 Å². The summed E-state index contributed by atoms with van der Waals surface area (Å²) >= 11 is 1.46. The van der Waals surface area contributed by atoms with Gasteiger partial charge in [0.15, 0.2) is 0 Å². The third kappa shape index (κ3) is 1.98. The van der Waals surface area contributed by atoms with E-state index in [1.165, 1.54) is 11.3 Å². The monoisotopic (exact) mass is 278 g/mol. The van der Waals surface area contributed by atoms with Crippen LogP contribution in [0.4, 0.5) is 0 Å². The van der Waals surface area contributed by atoms with Crippen LogP contribution in [0.15, 0.2) is 42.7 Å². The number of carbonyl (C=O) groups is 1. The predicted octanol–water partition coefficient (Wildman–Crippen LogP) is 3.71. The van der Waals surface area contributed by atoms with E-state index in [1.807, 2.05) is 19.1 Å². The molecular formula is C16H10N2OS. The summed E-state index contributed by atoms with van der Waals surface area (Å²) in [6.07, 6.45) is 3.22. The molecule has 0 aliphatic rings. The van der Waals surface area contributed by atoms with E-state index < -0.39 is 0 Å². The fourth-order valence-corrected chi connectivity index (χ4v) is 3.29. The number of aromatic nitrogens is 1. The molecule has 3 aromatic rings. The number of aryl methyl sites for hydroxylation is 1. The molecule has 0 aliphatic heterocycles. The van der Waals surface area contributed by atoms with Crippen molar-refractivity contribution in [3.63, 3.8) is 0 Å². The zero-order valence-electron chi connectivity index (χ0n) is 10.8. The molecule has 0 radical (unpaired) electrons. The average molecular weight is 278 g/mol. The lowest BCUT2D eigenvalue weighted by molar-refractivity contribution is 0.104. The van der Waals surface area contributed by atoms with E-state index >= 15 is 0 Å². The van der Waals surface area contributed by atoms with E-state index in [9.17, 15) is 4.79 Å². The van der Waals surface area contributed by atoms with Crippen molar-refractivity contribution < 1.29 is 4.79 Å². The number of pyridine rings is 1. The molecule has 3 rings (SSSR count). The highest BCUT2D eigenvalue weighted by atomic mass is 32.1. The van der Waals surface area contributed by atoms with Crippen LogP contribution in [-0.2, 0) is 0 Å². The topological polar surface area (TPSA) is 53.8 Å². The minimum Gasteiger partial charge on any atom is -0.288 e. The van der Waals surface area contributed by atoms with E-state index in [-0.39, 0.29) is 5.78 Å². The summed E-state index contributed by atoms with van der Waals surface area (Å²) in [4.78, 5) is 17.2. The minimum absolute atomic E-state index is 0.0182. The molecule has 4 heteroatoms. The van der Waals surface area contributed by atoms with Gasteiger partial charge in [0, 0.05) is 22.7 Å². The molecule has 0 spiro atoms. The van der Waals surface area contributed by atoms with Gasteiger partial charge in [-0.05, 0) is 48.2 Å². The number of fused-ring (bicyclic) bond motifs is 1. The van der Waals surface area contributed by atoms with E-state index in [0.29, 0.717) is 16.0 Å². The molecule has 2 heterocycles. The number of carbonyl (C=O) groups excluding carboxylic acids is 1. The van der Waals surface area contributed by atoms with E-state index in [4.69, 9.17) is 5.26 Å². The average Bonchev–Trinajstić information content (AvgIpc) is 2.84. The van der Waals surface area contributed by atoms with Gasteiger partial charge in [-0.25, -0.2) is 0 Å². The van der Waals surface area contributed by atoms with Crippen LogP contribution < -0.4 is 0 Å². The molecule has 96 valence electrons. The van der Waals surface area contributed by atoms with Crippen molar-refractivity contribution in [2.24, 2.45) is 0 Å². The van der Waals surface area contributed by atoms with Crippen molar-refractivity contribution in [2.75, 3.05) is 0 Å². The lowest BCUT2D eigenvalue weighted by Crippen LogP contribution is -2.00. The molecule has 0 amide bonds. The second kappa shape index (κ2) is 4.87. The second-order valence-electron chi connectivity index (χ2n) is 4.45. The van der Waals surface area contributed by atoms with Gasteiger partial charge in [0.25, 0.3) is 0 Å². The zero-order valence-corrected chi connectivity index (χ0v) is 11.6. The van der Waals surface area contributed by atoms with Gasteiger partial charge in [0.05, 0.1) is 16.5 Å². The first-order valence-electron chi connectivity index (χ1n) is 6.08. The summed E-state index contributed by atoms with van der Waals surface area (Å²) in [7, 11) is 0. The highest BCUT2D eigenvalue weighted by Crippen LogP contribution is 2.32. The van der Waals surface area contributed by atoms with Crippen LogP contribution in [0.2, 0.25) is 0 Å². The molecule has 20 heavy (non-hydrogen) atoms. The molecule has 0 saturated carbocycles. The second-order valence-corrected chi connectivity index (χ2v) is 5.50. The number of thiophene rings is 1. The number of hydrogen-bond acceptors (Lipinski definition) is 4. The van der Waals surface area contributed by atoms with Crippen molar-refractivity contribution in [3.8, 4) is 6.07 Å². The normalized spacial score (nSPS) is 10.4. The molecular weight excluding hydrogens is 268 g/mol. The SMILES string of the molecule is Cc1c(C(=O)c2cccnc2)sc2ccc(C#N)cc12. The third-order valence-corrected chi connectivity index (χ3v) is 4.47. The van der Waals surface area contributed by atoms with Gasteiger partial charge in [-0.15, -0.1) is 11.3 Å². The highest BCUT2D eigenvalue weighted by molar-refractivity contribution is 7.21. The van der Waals surface area contributed by atoms with Crippen molar-refractivity contribution in [3.05, 3.63) is 64.3 Å². The summed E-state index contributed by atoms with van der Waals surface area (Å²) in [5, 5.41) is 9.93. The van der Waals surface area contributed by atoms with Gasteiger partial charge in [-0.1, -0.05) is 0 Å². The Morgan fingerprint density at radius 2 is 2.20 bits per heavy atom. The zero-order chi connectivity index (χ0) is 14.1. The Morgan fingerprint density at radius 3 is 2.90 bits per heavy atom. The number of hydrogen-bond donors (Lipinski definition) is 0. The van der Waals surface area contributed by atoms with Crippen molar-refractivity contribution in [2.45, 2.75) is 6.92 Å². The van der Waals surface area contributed by atoms with E-state index in [2.05, 4.69) is 11.1 Å². The van der Waals surface area contributed by atoms with Crippen LogP contribution in [-0.4, -0.2) is 10.8 Å². The molecule has 0 unspecified atom stereocenters. The number of ketones is 1. The summed E-state index contributed by atoms with van der Waals surface area (Å²) in [5.74, 6) is -0.0182. The fraction of sp³-hybridized carbons (Fsp3) is 0.0625. The number of benzene rings is 1. The molecule has 3 nitrogen and oxygen atoms in total. The van der Waals surface area contributed by atoms with Crippen molar-refractivity contribution in [1.29, 1.82) is 5.26 Å². The Bertz CT molecular complexity index is 844. The van der Waals surface area contributed by atoms with Gasteiger partial charge in [0.2, 0.25) is 5.78 Å². The van der Waals surface area contributed by atoms with Crippen LogP contribution >= 0.6 is 11.3 Å². The van der Waals surface area contributed by atoms with Gasteiger partial charge in [0.1, 0.15) is 0 Å². The van der Waals surface area contributed by atoms with Crippen LogP contribution in [0.3, 0.4) is 0 Å². The van der Waals surface area contributed by atoms with Crippen LogP contribution in [0, 0.1) is 18.3 Å². The first-order chi connectivity index (χ1) is 9.70. The number of rotatable bonds is 2. The predicted molar refractivity (Wildman–Crippen MR) is 78.9 cm³/mol. The lowest BCUT2D eigenvalue weighted by atomic mass is 10.1. The quantitative estimate of drug-likeness (QED) is 0.671. The Morgan fingerprint density at radius 1 is 1.35 bits per heavy atom. The van der Waals surface area contributed by atoms with E-state index in [1.54, 1.807) is 30.6 Å². The summed E-state index contributed by atoms with van der Waals surface area (Å²) in [5.41, 5.74) is 2.12. The highest BCUT2D eigenvalue weighted by Gasteiger charge is 2.17. The Hall–Kier alpha value is -2.51. The molecule has 0 fully saturated rings. The number of nitriles is 1. The Balaban J connectivity index is 2.16. The minimum atomic E-state index is -0.0182. The molecule has 0 N–H and O–H groups in total. The summed E-state index contributed by atoms with van der Waals surface area (Å²) in [6, 6.07) is 11.1. The van der Waals surface area contributed by atoms with Crippen molar-refractivity contribution >= 4 is 27.2 Å². The summed E-state index contributed by atoms with van der Waals surface area (Å²) in [6.45, 7) is 1.92. The van der Waals surface area contributed by atoms with Crippen LogP contribution in [0.5, 0.6) is 0 Å². The fourth-order valence-electron chi connectivity index (χ4n) is 2.14. The Labute approximate surface area is 120 Å². The first-order valence-corrected chi connectivity index (χ1v) is 6.90. The van der Waals surface area contributed by atoms with Gasteiger partial charge >= 0.3 is 0 Å². The molecule has 0 bridgehead atoms. The molecule has 0 aliphatic carbocycles. The molecule has 0 saturated heterocycles. The standard InChI is InChI=1S/C16H10N2OS/c1-10-13-7-11(8-17)4-5-14(13)20-16(10)15(19)12-3-2-6-18-9-12/h2-7,9H,1H3. The van der Waals surface area contributed by atoms with Crippen molar-refractivity contribution in [1.82, 2.24) is 4.98 Å². The molecule has 0 atom stereocenters. The maximum absolute atomic E-state index is 12.5. The molecule has 2 aromatic heterocycles. The summed E-state index contributed by atoms with van der Waals surface area (Å²) < 4.78 is 1.02. The lowest BCUT2D eigenvalue weighted by Gasteiger charge is -1.98. The van der Waals surface area contributed by atoms with Crippen LogP contribution in [0.1, 0.15) is 26.4 Å². The maximum atomic E-state index is 12.5. The number of nitrogens with zero attached hydrogens (tertiary/aromatic N) is 2. The van der Waals surface area contributed by atoms with Crippen LogP contribution in [0.25, 0.3) is 10.1 Å². The largest absolute Gasteiger partial charge is 0.288 e. The first kappa shape index (κ1) is 12.5. The van der Waals surface area contributed by atoms with E-state index in [0.717, 1.165) is 15.6 Å². The maximum Gasteiger partial charge on any atom is 0.204 e. The van der Waals surface area contributed by atoms with Gasteiger partial charge < -0.3 is 0 Å². The Kier molecular flexibility index (Phi) is 3.05. The molecule has 1 aromatic carbocycles. The van der Waals surface area contributed by atoms with Gasteiger partial charge in [-0.2, -0.15) is 5.26 Å². The third-order valence-electron chi connectivity index (χ3n) is 3.20. The smallest absolute Gasteiger partial charge is 0.204 e.